The number of rotatable bonds is 4. The summed E-state index contributed by atoms with van der Waals surface area (Å²) in [6.45, 7) is 7.39. The fraction of sp³-hybridized carbons (Fsp3) is 0.292. The standard InChI is InChI=1S/C24H23F3O2/c1-14(2)18-11-10-15(3)21-19(13-18)16(4)12-20(21)23(29,24(25,26)27)22(28)17-8-6-5-7-9-17/h5-14,29H,1-4H3. The van der Waals surface area contributed by atoms with E-state index in [9.17, 15) is 23.1 Å². The molecule has 29 heavy (non-hydrogen) atoms. The second-order valence-electron chi connectivity index (χ2n) is 7.75. The molecule has 0 bridgehead atoms. The summed E-state index contributed by atoms with van der Waals surface area (Å²) >= 11 is 0. The van der Waals surface area contributed by atoms with Gasteiger partial charge in [0.05, 0.1) is 0 Å². The molecule has 0 saturated carbocycles. The SMILES string of the molecule is Cc1cc(C(O)(C(=O)c2ccccc2)C(F)(F)F)c2c(C)ccc(C(C)C)cc1-2. The fourth-order valence-corrected chi connectivity index (χ4v) is 3.69. The third kappa shape index (κ3) is 3.44. The molecule has 152 valence electrons. The van der Waals surface area contributed by atoms with Crippen molar-refractivity contribution >= 4 is 5.78 Å². The normalized spacial score (nSPS) is 14.2. The predicted molar refractivity (Wildman–Crippen MR) is 107 cm³/mol. The lowest BCUT2D eigenvalue weighted by atomic mass is 9.83. The lowest BCUT2D eigenvalue weighted by molar-refractivity contribution is -0.242. The Balaban J connectivity index is 2.33. The van der Waals surface area contributed by atoms with Gasteiger partial charge in [-0.05, 0) is 47.6 Å². The molecule has 1 N–H and O–H groups in total. The highest BCUT2D eigenvalue weighted by molar-refractivity contribution is 6.05. The van der Waals surface area contributed by atoms with Crippen molar-refractivity contribution in [3.8, 4) is 11.1 Å². The molecule has 1 atom stereocenters. The third-order valence-electron chi connectivity index (χ3n) is 5.39. The molecule has 0 amide bonds. The van der Waals surface area contributed by atoms with E-state index in [1.807, 2.05) is 26.0 Å². The lowest BCUT2D eigenvalue weighted by Gasteiger charge is -2.30. The van der Waals surface area contributed by atoms with Crippen LogP contribution in [-0.2, 0) is 5.60 Å². The molecule has 0 fully saturated rings. The monoisotopic (exact) mass is 400 g/mol. The first-order valence-corrected chi connectivity index (χ1v) is 9.41. The van der Waals surface area contributed by atoms with Crippen LogP contribution < -0.4 is 0 Å². The van der Waals surface area contributed by atoms with Gasteiger partial charge in [0, 0.05) is 11.1 Å². The smallest absolute Gasteiger partial charge is 0.370 e. The van der Waals surface area contributed by atoms with Crippen molar-refractivity contribution in [2.24, 2.45) is 0 Å². The molecule has 3 rings (SSSR count). The van der Waals surface area contributed by atoms with Crippen LogP contribution in [0, 0.1) is 13.8 Å². The number of carbonyl (C=O) groups excluding carboxylic acids is 1. The maximum atomic E-state index is 14.2. The van der Waals surface area contributed by atoms with Crippen molar-refractivity contribution in [1.29, 1.82) is 0 Å². The van der Waals surface area contributed by atoms with E-state index < -0.39 is 23.1 Å². The number of halogens is 3. The van der Waals surface area contributed by atoms with Gasteiger partial charge < -0.3 is 5.11 Å². The Morgan fingerprint density at radius 2 is 1.55 bits per heavy atom. The van der Waals surface area contributed by atoms with Crippen molar-refractivity contribution in [3.05, 3.63) is 82.4 Å². The lowest BCUT2D eigenvalue weighted by Crippen LogP contribution is -2.49. The molecule has 2 nitrogen and oxygen atoms in total. The molecule has 5 heteroatoms. The Kier molecular flexibility index (Phi) is 5.30. The maximum Gasteiger partial charge on any atom is 0.429 e. The number of aryl methyl sites for hydroxylation is 2. The largest absolute Gasteiger partial charge is 0.429 e. The summed E-state index contributed by atoms with van der Waals surface area (Å²) < 4.78 is 42.7. The number of alkyl halides is 3. The zero-order valence-corrected chi connectivity index (χ0v) is 16.8. The van der Waals surface area contributed by atoms with Crippen molar-refractivity contribution in [3.63, 3.8) is 0 Å². The minimum absolute atomic E-state index is 0.176. The number of hydrogen-bond donors (Lipinski definition) is 1. The molecule has 1 aromatic carbocycles. The summed E-state index contributed by atoms with van der Waals surface area (Å²) in [5.41, 5.74) is -1.27. The average Bonchev–Trinajstić information content (AvgIpc) is 2.88. The molecule has 2 aliphatic rings. The Morgan fingerprint density at radius 3 is 2.10 bits per heavy atom. The van der Waals surface area contributed by atoms with E-state index in [1.165, 1.54) is 30.3 Å². The number of ketones is 1. The summed E-state index contributed by atoms with van der Waals surface area (Å²) in [5.74, 6) is -1.21. The number of hydrogen-bond acceptors (Lipinski definition) is 2. The highest BCUT2D eigenvalue weighted by atomic mass is 19.4. The van der Waals surface area contributed by atoms with Gasteiger partial charge in [-0.1, -0.05) is 68.4 Å². The zero-order chi connectivity index (χ0) is 21.6. The fourth-order valence-electron chi connectivity index (χ4n) is 3.69. The highest BCUT2D eigenvalue weighted by Crippen LogP contribution is 2.48. The average molecular weight is 400 g/mol. The van der Waals surface area contributed by atoms with Crippen molar-refractivity contribution in [2.45, 2.75) is 45.4 Å². The van der Waals surface area contributed by atoms with Gasteiger partial charge in [0.25, 0.3) is 0 Å². The topological polar surface area (TPSA) is 37.3 Å². The number of carbonyl (C=O) groups is 1. The first kappa shape index (κ1) is 21.1. The molecule has 0 aromatic heterocycles. The van der Waals surface area contributed by atoms with Crippen LogP contribution in [0.4, 0.5) is 13.2 Å². The van der Waals surface area contributed by atoms with Crippen LogP contribution in [0.2, 0.25) is 0 Å². The molecule has 1 unspecified atom stereocenters. The Labute approximate surface area is 168 Å². The quantitative estimate of drug-likeness (QED) is 0.532. The van der Waals surface area contributed by atoms with Gasteiger partial charge >= 0.3 is 6.18 Å². The number of Topliss-reactive ketones (excluding diaryl/α,β-unsaturated/α-hetero) is 1. The molecular weight excluding hydrogens is 377 g/mol. The molecule has 0 spiro atoms. The molecular formula is C24H23F3O2. The Bertz CT molecular complexity index is 1020. The number of aliphatic hydroxyl groups is 1. The Hall–Kier alpha value is -2.66. The number of benzene rings is 1. The third-order valence-corrected chi connectivity index (χ3v) is 5.39. The van der Waals surface area contributed by atoms with Crippen LogP contribution in [0.5, 0.6) is 0 Å². The van der Waals surface area contributed by atoms with Gasteiger partial charge in [-0.2, -0.15) is 13.2 Å². The van der Waals surface area contributed by atoms with Crippen molar-refractivity contribution in [1.82, 2.24) is 0 Å². The van der Waals surface area contributed by atoms with Crippen LogP contribution >= 0.6 is 0 Å². The minimum atomic E-state index is -5.19. The van der Waals surface area contributed by atoms with Crippen LogP contribution in [0.15, 0.2) is 54.6 Å². The second-order valence-corrected chi connectivity index (χ2v) is 7.75. The van der Waals surface area contributed by atoms with Crippen LogP contribution in [0.25, 0.3) is 11.1 Å². The zero-order valence-electron chi connectivity index (χ0n) is 16.8. The van der Waals surface area contributed by atoms with Crippen LogP contribution in [-0.4, -0.2) is 17.1 Å². The predicted octanol–water partition coefficient (Wildman–Crippen LogP) is 6.16. The van der Waals surface area contributed by atoms with E-state index in [0.717, 1.165) is 5.56 Å². The molecule has 0 aliphatic heterocycles. The minimum Gasteiger partial charge on any atom is -0.370 e. The van der Waals surface area contributed by atoms with E-state index in [4.69, 9.17) is 0 Å². The van der Waals surface area contributed by atoms with E-state index in [1.54, 1.807) is 26.0 Å². The van der Waals surface area contributed by atoms with Gasteiger partial charge in [0.1, 0.15) is 0 Å². The maximum absolute atomic E-state index is 14.2. The van der Waals surface area contributed by atoms with Gasteiger partial charge in [-0.25, -0.2) is 0 Å². The van der Waals surface area contributed by atoms with E-state index in [2.05, 4.69) is 0 Å². The first-order valence-electron chi connectivity index (χ1n) is 9.41. The molecule has 0 heterocycles. The first-order chi connectivity index (χ1) is 13.5. The summed E-state index contributed by atoms with van der Waals surface area (Å²) in [4.78, 5) is 13.0. The van der Waals surface area contributed by atoms with Crippen LogP contribution in [0.1, 0.15) is 52.4 Å². The summed E-state index contributed by atoms with van der Waals surface area (Å²) in [7, 11) is 0. The van der Waals surface area contributed by atoms with Gasteiger partial charge in [-0.3, -0.25) is 4.79 Å². The van der Waals surface area contributed by atoms with Gasteiger partial charge in [0.15, 0.2) is 0 Å². The van der Waals surface area contributed by atoms with Crippen LogP contribution in [0.3, 0.4) is 0 Å². The van der Waals surface area contributed by atoms with Crippen molar-refractivity contribution < 1.29 is 23.1 Å². The molecule has 1 aromatic rings. The summed E-state index contributed by atoms with van der Waals surface area (Å²) in [6, 6.07) is 13.8. The highest BCUT2D eigenvalue weighted by Gasteiger charge is 2.62. The van der Waals surface area contributed by atoms with Gasteiger partial charge in [-0.15, -0.1) is 0 Å². The van der Waals surface area contributed by atoms with Crippen molar-refractivity contribution in [2.75, 3.05) is 0 Å². The van der Waals surface area contributed by atoms with E-state index >= 15 is 0 Å². The van der Waals surface area contributed by atoms with Gasteiger partial charge in [0.2, 0.25) is 11.4 Å². The molecule has 0 radical (unpaired) electrons. The molecule has 2 aliphatic carbocycles. The summed E-state index contributed by atoms with van der Waals surface area (Å²) in [6.07, 6.45) is -5.19. The van der Waals surface area contributed by atoms with E-state index in [0.29, 0.717) is 16.7 Å². The second kappa shape index (κ2) is 7.30. The van der Waals surface area contributed by atoms with E-state index in [-0.39, 0.29) is 17.0 Å². The summed E-state index contributed by atoms with van der Waals surface area (Å²) in [5, 5.41) is 11.0. The number of fused-ring (bicyclic) bond motifs is 1. The molecule has 0 saturated heterocycles. The Morgan fingerprint density at radius 1 is 0.931 bits per heavy atom.